The van der Waals surface area contributed by atoms with Crippen molar-refractivity contribution in [1.29, 1.82) is 0 Å². The molecule has 1 aromatic carbocycles. The quantitative estimate of drug-likeness (QED) is 0.272. The predicted molar refractivity (Wildman–Crippen MR) is 136 cm³/mol. The van der Waals surface area contributed by atoms with E-state index >= 15 is 0 Å². The fourth-order valence-corrected chi connectivity index (χ4v) is 4.93. The first kappa shape index (κ1) is 23.3. The number of benzene rings is 1. The summed E-state index contributed by atoms with van der Waals surface area (Å²) in [5.41, 5.74) is 3.34. The lowest BCUT2D eigenvalue weighted by atomic mass is 10.1. The van der Waals surface area contributed by atoms with Gasteiger partial charge in [0.2, 0.25) is 0 Å². The van der Waals surface area contributed by atoms with Crippen LogP contribution >= 0.6 is 23.4 Å². The number of nitrogens with one attached hydrogen (secondary N) is 1. The third kappa shape index (κ3) is 4.72. The van der Waals surface area contributed by atoms with Crippen molar-refractivity contribution >= 4 is 51.4 Å². The van der Waals surface area contributed by atoms with Gasteiger partial charge in [-0.2, -0.15) is 0 Å². The minimum absolute atomic E-state index is 0.0993. The summed E-state index contributed by atoms with van der Waals surface area (Å²) < 4.78 is 0. The molecule has 4 aromatic heterocycles. The van der Waals surface area contributed by atoms with Crippen LogP contribution in [0.1, 0.15) is 24.3 Å². The number of phenolic OH excluding ortho intramolecular Hbond substituents is 1. The van der Waals surface area contributed by atoms with Gasteiger partial charge in [-0.25, -0.2) is 19.9 Å². The third-order valence-corrected chi connectivity index (χ3v) is 6.79. The molecule has 1 atom stereocenters. The maximum atomic E-state index is 10.8. The Morgan fingerprint density at radius 1 is 1.14 bits per heavy atom. The summed E-state index contributed by atoms with van der Waals surface area (Å²) in [4.78, 5) is 28.3. The van der Waals surface area contributed by atoms with Crippen molar-refractivity contribution < 1.29 is 10.2 Å². The van der Waals surface area contributed by atoms with Crippen molar-refractivity contribution in [2.24, 2.45) is 0 Å². The Hall–Kier alpha value is -3.47. The predicted octanol–water partition coefficient (Wildman–Crippen LogP) is 4.54. The van der Waals surface area contributed by atoms with E-state index in [4.69, 9.17) is 21.6 Å². The Balaban J connectivity index is 1.52. The van der Waals surface area contributed by atoms with Crippen LogP contribution in [0.4, 0.5) is 5.82 Å². The van der Waals surface area contributed by atoms with E-state index in [0.29, 0.717) is 50.2 Å². The van der Waals surface area contributed by atoms with Crippen LogP contribution in [0.25, 0.3) is 22.2 Å². The standard InChI is InChI=1S/C24H22ClN7O2S/c1-3-16-20(25)19-22(29-16)30-24(35-15-10-17-21(28-11-15)27-8-7-26-17)31-23(19)32(2)12-18(34)13-5-4-6-14(33)9-13/h4-11,18,33-34H,3,12H2,1-2H3,(H,29,30,31)/t18-/m0/s1. The molecule has 0 aliphatic carbocycles. The molecule has 4 heterocycles. The lowest BCUT2D eigenvalue weighted by molar-refractivity contribution is 0.184. The van der Waals surface area contributed by atoms with Gasteiger partial charge in [0.15, 0.2) is 10.8 Å². The molecule has 5 rings (SSSR count). The molecule has 0 bridgehead atoms. The fourth-order valence-electron chi connectivity index (χ4n) is 3.82. The van der Waals surface area contributed by atoms with Crippen LogP contribution in [0.5, 0.6) is 5.75 Å². The number of hydrogen-bond donors (Lipinski definition) is 3. The summed E-state index contributed by atoms with van der Waals surface area (Å²) in [7, 11) is 1.84. The van der Waals surface area contributed by atoms with Crippen LogP contribution in [-0.2, 0) is 6.42 Å². The van der Waals surface area contributed by atoms with Crippen LogP contribution in [0.2, 0.25) is 5.02 Å². The van der Waals surface area contributed by atoms with Gasteiger partial charge in [-0.05, 0) is 41.9 Å². The molecular formula is C24H22ClN7O2S. The van der Waals surface area contributed by atoms with Gasteiger partial charge in [0.05, 0.1) is 16.5 Å². The number of aliphatic hydroxyl groups excluding tert-OH is 1. The molecule has 5 aromatic rings. The van der Waals surface area contributed by atoms with Crippen molar-refractivity contribution in [1.82, 2.24) is 29.9 Å². The van der Waals surface area contributed by atoms with Gasteiger partial charge >= 0.3 is 0 Å². The van der Waals surface area contributed by atoms with Crippen molar-refractivity contribution in [2.75, 3.05) is 18.5 Å². The minimum atomic E-state index is -0.847. The van der Waals surface area contributed by atoms with Crippen LogP contribution in [0.15, 0.2) is 59.0 Å². The highest BCUT2D eigenvalue weighted by molar-refractivity contribution is 7.99. The second-order valence-electron chi connectivity index (χ2n) is 7.99. The number of hydrogen-bond acceptors (Lipinski definition) is 9. The minimum Gasteiger partial charge on any atom is -0.508 e. The van der Waals surface area contributed by atoms with E-state index in [1.165, 1.54) is 11.8 Å². The number of aromatic amines is 1. The Morgan fingerprint density at radius 3 is 2.77 bits per heavy atom. The van der Waals surface area contributed by atoms with Crippen molar-refractivity contribution in [3.63, 3.8) is 0 Å². The summed E-state index contributed by atoms with van der Waals surface area (Å²) in [6.45, 7) is 2.24. The number of rotatable bonds is 7. The SMILES string of the molecule is CCc1[nH]c2nc(Sc3cnc4nccnc4c3)nc(N(C)C[C@H](O)c3cccc(O)c3)c2c1Cl. The largest absolute Gasteiger partial charge is 0.508 e. The fraction of sp³-hybridized carbons (Fsp3) is 0.208. The van der Waals surface area contributed by atoms with Crippen LogP contribution in [0.3, 0.4) is 0 Å². The number of anilines is 1. The number of aromatic nitrogens is 6. The van der Waals surface area contributed by atoms with Gasteiger partial charge in [-0.1, -0.05) is 30.7 Å². The molecule has 0 unspecified atom stereocenters. The van der Waals surface area contributed by atoms with Gasteiger partial charge in [0, 0.05) is 42.8 Å². The highest BCUT2D eigenvalue weighted by Crippen LogP contribution is 2.37. The number of likely N-dealkylation sites (N-methyl/N-ethyl adjacent to an activating group) is 1. The molecule has 0 aliphatic rings. The number of pyridine rings is 1. The lowest BCUT2D eigenvalue weighted by Gasteiger charge is -2.23. The number of phenols is 1. The number of aromatic hydroxyl groups is 1. The van der Waals surface area contributed by atoms with E-state index in [9.17, 15) is 10.2 Å². The number of aryl methyl sites for hydroxylation is 1. The van der Waals surface area contributed by atoms with Gasteiger partial charge < -0.3 is 20.1 Å². The first-order chi connectivity index (χ1) is 16.9. The average molecular weight is 508 g/mol. The monoisotopic (exact) mass is 507 g/mol. The first-order valence-electron chi connectivity index (χ1n) is 10.9. The number of nitrogens with zero attached hydrogens (tertiary/aromatic N) is 6. The van der Waals surface area contributed by atoms with E-state index in [1.54, 1.807) is 42.9 Å². The summed E-state index contributed by atoms with van der Waals surface area (Å²) in [6, 6.07) is 8.47. The summed E-state index contributed by atoms with van der Waals surface area (Å²) in [6.07, 6.45) is 4.80. The summed E-state index contributed by atoms with van der Waals surface area (Å²) in [5, 5.41) is 22.3. The molecule has 9 nitrogen and oxygen atoms in total. The summed E-state index contributed by atoms with van der Waals surface area (Å²) in [5.74, 6) is 0.688. The average Bonchev–Trinajstić information content (AvgIpc) is 3.18. The van der Waals surface area contributed by atoms with Crippen LogP contribution < -0.4 is 4.90 Å². The number of aliphatic hydroxyl groups is 1. The molecule has 11 heteroatoms. The molecule has 0 radical (unpaired) electrons. The zero-order valence-corrected chi connectivity index (χ0v) is 20.5. The molecule has 0 saturated carbocycles. The smallest absolute Gasteiger partial charge is 0.196 e. The first-order valence-corrected chi connectivity index (χ1v) is 12.1. The number of fused-ring (bicyclic) bond motifs is 2. The van der Waals surface area contributed by atoms with Crippen molar-refractivity contribution in [3.8, 4) is 5.75 Å². The highest BCUT2D eigenvalue weighted by Gasteiger charge is 2.22. The maximum Gasteiger partial charge on any atom is 0.196 e. The van der Waals surface area contributed by atoms with Crippen LogP contribution in [-0.4, -0.2) is 53.7 Å². The van der Waals surface area contributed by atoms with E-state index < -0.39 is 6.10 Å². The molecule has 0 fully saturated rings. The molecule has 0 spiro atoms. The number of halogens is 1. The van der Waals surface area contributed by atoms with Gasteiger partial charge in [-0.3, -0.25) is 4.98 Å². The van der Waals surface area contributed by atoms with Crippen molar-refractivity contribution in [3.05, 3.63) is 65.2 Å². The van der Waals surface area contributed by atoms with E-state index in [-0.39, 0.29) is 12.3 Å². The van der Waals surface area contributed by atoms with E-state index in [1.807, 2.05) is 24.9 Å². The molecule has 178 valence electrons. The number of H-pyrrole nitrogens is 1. The molecule has 0 saturated heterocycles. The maximum absolute atomic E-state index is 10.8. The van der Waals surface area contributed by atoms with Crippen LogP contribution in [0, 0.1) is 0 Å². The zero-order chi connectivity index (χ0) is 24.5. The molecular weight excluding hydrogens is 486 g/mol. The van der Waals surface area contributed by atoms with E-state index in [0.717, 1.165) is 10.6 Å². The van der Waals surface area contributed by atoms with Crippen molar-refractivity contribution in [2.45, 2.75) is 29.5 Å². The molecule has 3 N–H and O–H groups in total. The van der Waals surface area contributed by atoms with Gasteiger partial charge in [0.25, 0.3) is 0 Å². The molecule has 0 amide bonds. The van der Waals surface area contributed by atoms with E-state index in [2.05, 4.69) is 19.9 Å². The Kier molecular flexibility index (Phi) is 6.42. The summed E-state index contributed by atoms with van der Waals surface area (Å²) >= 11 is 8.04. The normalized spacial score (nSPS) is 12.3. The Bertz CT molecular complexity index is 1530. The second-order valence-corrected chi connectivity index (χ2v) is 9.41. The zero-order valence-electron chi connectivity index (χ0n) is 19.0. The second kappa shape index (κ2) is 9.65. The lowest BCUT2D eigenvalue weighted by Crippen LogP contribution is -2.25. The van der Waals surface area contributed by atoms with Gasteiger partial charge in [0.1, 0.15) is 22.7 Å². The topological polar surface area (TPSA) is 124 Å². The third-order valence-electron chi connectivity index (χ3n) is 5.55. The Morgan fingerprint density at radius 2 is 1.97 bits per heavy atom. The molecule has 35 heavy (non-hydrogen) atoms. The molecule has 0 aliphatic heterocycles. The highest BCUT2D eigenvalue weighted by atomic mass is 35.5. The Labute approximate surface area is 210 Å². The van der Waals surface area contributed by atoms with Gasteiger partial charge in [-0.15, -0.1) is 0 Å².